The fraction of sp³-hybridized carbons (Fsp3) is 0.320. The summed E-state index contributed by atoms with van der Waals surface area (Å²) in [6.07, 6.45) is -5.39. The van der Waals surface area contributed by atoms with Crippen molar-refractivity contribution in [3.63, 3.8) is 0 Å². The number of aliphatic hydroxyl groups excluding tert-OH is 1. The molecule has 1 saturated heterocycles. The van der Waals surface area contributed by atoms with Crippen molar-refractivity contribution < 1.29 is 48.7 Å². The largest absolute Gasteiger partial charge is 0.530 e. The summed E-state index contributed by atoms with van der Waals surface area (Å²) in [6, 6.07) is 9.91. The molecule has 2 aromatic rings. The van der Waals surface area contributed by atoms with Crippen LogP contribution in [0.5, 0.6) is 0 Å². The zero-order valence-electron chi connectivity index (χ0n) is 22.7. The molecule has 0 bridgehead atoms. The van der Waals surface area contributed by atoms with E-state index in [-0.39, 0.29) is 37.7 Å². The molecule has 1 atom stereocenters. The highest BCUT2D eigenvalue weighted by molar-refractivity contribution is 6.01. The van der Waals surface area contributed by atoms with Gasteiger partial charge in [-0.15, -0.1) is 0 Å². The molecule has 1 unspecified atom stereocenters. The molecule has 1 aliphatic heterocycles. The standard InChI is InChI=1S/C25H27N7O12/c33-20(9-21(34)27-17-11-30(12-17)25(37)38)10-26-22(28-23(35)43-13-15-1-5-18(6-2-15)31(39)40)29-24(36)44-14-16-3-7-19(8-4-16)32(41)42/h1-8,17,20,33H,9-14H2,(H,27,34)(H,37,38)(H2,26,28,29,35,36)/p-1. The maximum atomic E-state index is 12.4. The summed E-state index contributed by atoms with van der Waals surface area (Å²) in [4.78, 5) is 72.8. The molecule has 19 heteroatoms. The molecule has 19 nitrogen and oxygen atoms in total. The lowest BCUT2D eigenvalue weighted by Crippen LogP contribution is -2.63. The first-order valence-electron chi connectivity index (χ1n) is 12.7. The van der Waals surface area contributed by atoms with Gasteiger partial charge in [0.25, 0.3) is 11.4 Å². The fourth-order valence-corrected chi connectivity index (χ4v) is 3.58. The van der Waals surface area contributed by atoms with Crippen molar-refractivity contribution >= 4 is 41.5 Å². The van der Waals surface area contributed by atoms with Gasteiger partial charge in [-0.25, -0.2) is 14.6 Å². The van der Waals surface area contributed by atoms with Crippen molar-refractivity contribution in [3.8, 4) is 0 Å². The second kappa shape index (κ2) is 15.4. The second-order valence-corrected chi connectivity index (χ2v) is 9.23. The highest BCUT2D eigenvalue weighted by Gasteiger charge is 2.28. The van der Waals surface area contributed by atoms with Gasteiger partial charge >= 0.3 is 12.2 Å². The van der Waals surface area contributed by atoms with Crippen molar-refractivity contribution in [1.29, 1.82) is 0 Å². The lowest BCUT2D eigenvalue weighted by atomic mass is 10.1. The molecule has 1 aliphatic rings. The first-order chi connectivity index (χ1) is 20.9. The van der Waals surface area contributed by atoms with E-state index in [9.17, 15) is 49.6 Å². The highest BCUT2D eigenvalue weighted by atomic mass is 16.6. The summed E-state index contributed by atoms with van der Waals surface area (Å²) in [6.45, 7) is -1.000. The third kappa shape index (κ3) is 10.5. The smallest absolute Gasteiger partial charge is 0.414 e. The minimum Gasteiger partial charge on any atom is -0.530 e. The maximum absolute atomic E-state index is 12.4. The van der Waals surface area contributed by atoms with Gasteiger partial charge in [0.2, 0.25) is 11.9 Å². The van der Waals surface area contributed by atoms with Crippen LogP contribution in [-0.4, -0.2) is 81.8 Å². The van der Waals surface area contributed by atoms with Crippen LogP contribution in [-0.2, 0) is 27.5 Å². The maximum Gasteiger partial charge on any atom is 0.414 e. The van der Waals surface area contributed by atoms with Gasteiger partial charge in [0, 0.05) is 37.4 Å². The van der Waals surface area contributed by atoms with Gasteiger partial charge in [-0.3, -0.25) is 35.7 Å². The lowest BCUT2D eigenvalue weighted by Gasteiger charge is -2.41. The molecule has 1 heterocycles. The number of rotatable bonds is 11. The Kier molecular flexibility index (Phi) is 11.4. The Hall–Kier alpha value is -5.85. The Morgan fingerprint density at radius 2 is 1.34 bits per heavy atom. The Morgan fingerprint density at radius 1 is 0.886 bits per heavy atom. The van der Waals surface area contributed by atoms with Crippen molar-refractivity contribution in [2.45, 2.75) is 31.8 Å². The third-order valence-corrected chi connectivity index (χ3v) is 5.86. The van der Waals surface area contributed by atoms with Crippen LogP contribution in [0, 0.1) is 20.2 Å². The molecule has 3 rings (SSSR count). The quantitative estimate of drug-likeness (QED) is 0.112. The number of carbonyl (C=O) groups is 4. The number of nitrogens with one attached hydrogen (secondary N) is 3. The van der Waals surface area contributed by atoms with E-state index in [1.165, 1.54) is 48.5 Å². The van der Waals surface area contributed by atoms with Crippen LogP contribution in [0.4, 0.5) is 25.8 Å². The van der Waals surface area contributed by atoms with E-state index in [0.717, 1.165) is 4.90 Å². The number of carboxylic acid groups (broad SMARTS) is 1. The van der Waals surface area contributed by atoms with Crippen LogP contribution >= 0.6 is 0 Å². The van der Waals surface area contributed by atoms with Crippen LogP contribution in [0.25, 0.3) is 0 Å². The number of guanidine groups is 1. The van der Waals surface area contributed by atoms with Crippen LogP contribution in [0.15, 0.2) is 53.5 Å². The molecule has 0 aromatic heterocycles. The van der Waals surface area contributed by atoms with Crippen molar-refractivity contribution in [3.05, 3.63) is 79.9 Å². The number of alkyl carbamates (subject to hydrolysis) is 2. The first kappa shape index (κ1) is 32.7. The molecular formula is C25H26N7O12-. The Balaban J connectivity index is 1.56. The summed E-state index contributed by atoms with van der Waals surface area (Å²) in [5.41, 5.74) is 0.498. The number of aliphatic hydroxyl groups is 1. The molecule has 0 spiro atoms. The highest BCUT2D eigenvalue weighted by Crippen LogP contribution is 2.14. The minimum atomic E-state index is -1.38. The van der Waals surface area contributed by atoms with Gasteiger partial charge in [0.05, 0.1) is 35.0 Å². The number of nitro groups is 2. The number of amides is 4. The van der Waals surface area contributed by atoms with Crippen molar-refractivity contribution in [2.75, 3.05) is 19.6 Å². The van der Waals surface area contributed by atoms with Gasteiger partial charge in [-0.2, -0.15) is 0 Å². The number of benzene rings is 2. The third-order valence-electron chi connectivity index (χ3n) is 5.86. The number of likely N-dealkylation sites (tertiary alicyclic amines) is 1. The predicted octanol–water partition coefficient (Wildman–Crippen LogP) is -0.0937. The molecule has 4 N–H and O–H groups in total. The number of hydrogen-bond donors (Lipinski definition) is 4. The van der Waals surface area contributed by atoms with E-state index in [0.29, 0.717) is 11.1 Å². The number of ether oxygens (including phenoxy) is 2. The van der Waals surface area contributed by atoms with Crippen LogP contribution in [0.3, 0.4) is 0 Å². The van der Waals surface area contributed by atoms with Crippen LogP contribution in [0.1, 0.15) is 17.5 Å². The van der Waals surface area contributed by atoms with Crippen LogP contribution < -0.4 is 21.1 Å². The first-order valence-corrected chi connectivity index (χ1v) is 12.7. The molecule has 0 saturated carbocycles. The monoisotopic (exact) mass is 616 g/mol. The average Bonchev–Trinajstić information content (AvgIpc) is 2.95. The average molecular weight is 617 g/mol. The number of non-ortho nitro benzene ring substituents is 2. The van der Waals surface area contributed by atoms with Crippen molar-refractivity contribution in [1.82, 2.24) is 20.9 Å². The van der Waals surface area contributed by atoms with Gasteiger partial charge in [-0.05, 0) is 35.4 Å². The van der Waals surface area contributed by atoms with E-state index in [4.69, 9.17) is 9.47 Å². The van der Waals surface area contributed by atoms with Gasteiger partial charge in [0.1, 0.15) is 19.3 Å². The number of nitro benzene ring substituents is 2. The molecule has 44 heavy (non-hydrogen) atoms. The SMILES string of the molecule is O=C(CC(O)CN=C(NC(=O)OCc1ccc([N+](=O)[O-])cc1)NC(=O)OCc1ccc([N+](=O)[O-])cc1)NC1CN(C(=O)[O-])C1. The summed E-state index contributed by atoms with van der Waals surface area (Å²) in [7, 11) is 0. The summed E-state index contributed by atoms with van der Waals surface area (Å²) in [5.74, 6) is -1.11. The Bertz CT molecular complexity index is 1330. The lowest BCUT2D eigenvalue weighted by molar-refractivity contribution is -0.385. The van der Waals surface area contributed by atoms with E-state index in [1.807, 2.05) is 0 Å². The molecule has 4 amide bonds. The topological polar surface area (TPSA) is 268 Å². The molecule has 1 fully saturated rings. The van der Waals surface area contributed by atoms with Gasteiger partial charge in [0.15, 0.2) is 0 Å². The number of aliphatic imine (C=N–C) groups is 1. The summed E-state index contributed by atoms with van der Waals surface area (Å²) >= 11 is 0. The number of hydrogen-bond acceptors (Lipinski definition) is 13. The fourth-order valence-electron chi connectivity index (χ4n) is 3.58. The molecule has 0 aliphatic carbocycles. The molecular weight excluding hydrogens is 590 g/mol. The number of carbonyl (C=O) groups excluding carboxylic acids is 4. The second-order valence-electron chi connectivity index (χ2n) is 9.23. The van der Waals surface area contributed by atoms with Crippen molar-refractivity contribution in [2.24, 2.45) is 4.99 Å². The zero-order valence-corrected chi connectivity index (χ0v) is 22.7. The van der Waals surface area contributed by atoms with Crippen LogP contribution in [0.2, 0.25) is 0 Å². The Morgan fingerprint density at radius 3 is 1.75 bits per heavy atom. The molecule has 2 aromatic carbocycles. The number of nitrogens with zero attached hydrogens (tertiary/aromatic N) is 4. The molecule has 234 valence electrons. The summed E-state index contributed by atoms with van der Waals surface area (Å²) < 4.78 is 10.1. The Labute approximate surface area is 247 Å². The minimum absolute atomic E-state index is 0.0459. The van der Waals surface area contributed by atoms with E-state index < -0.39 is 65.1 Å². The normalized spacial score (nSPS) is 13.0. The van der Waals surface area contributed by atoms with E-state index in [1.54, 1.807) is 0 Å². The van der Waals surface area contributed by atoms with E-state index >= 15 is 0 Å². The van der Waals surface area contributed by atoms with E-state index in [2.05, 4.69) is 20.9 Å². The van der Waals surface area contributed by atoms with Gasteiger partial charge in [-0.1, -0.05) is 0 Å². The molecule has 0 radical (unpaired) electrons. The zero-order chi connectivity index (χ0) is 32.2. The summed E-state index contributed by atoms with van der Waals surface area (Å²) in [5, 5.41) is 49.4. The predicted molar refractivity (Wildman–Crippen MR) is 145 cm³/mol. The van der Waals surface area contributed by atoms with Gasteiger partial charge < -0.3 is 34.7 Å².